The van der Waals surface area contributed by atoms with Crippen molar-refractivity contribution in [3.63, 3.8) is 0 Å². The maximum Gasteiger partial charge on any atom is 0.159 e. The Kier molecular flexibility index (Phi) is 12.3. The molecule has 6 heteroatoms. The fourth-order valence-corrected chi connectivity index (χ4v) is 1.41. The van der Waals surface area contributed by atoms with Gasteiger partial charge in [-0.1, -0.05) is 20.9 Å². The minimum absolute atomic E-state index is 0. The largest absolute Gasteiger partial charge is 0.390 e. The van der Waals surface area contributed by atoms with Crippen LogP contribution in [0, 0.1) is 13.8 Å². The van der Waals surface area contributed by atoms with E-state index < -0.39 is 12.2 Å². The summed E-state index contributed by atoms with van der Waals surface area (Å²) >= 11 is 0. The number of aliphatic hydroxyl groups excluding tert-OH is 2. The molecule has 2 heterocycles. The quantitative estimate of drug-likeness (QED) is 0.895. The molecule has 2 N–H and O–H groups in total. The first-order chi connectivity index (χ1) is 10.4. The van der Waals surface area contributed by atoms with E-state index in [0.29, 0.717) is 0 Å². The first kappa shape index (κ1) is 24.1. The van der Waals surface area contributed by atoms with Gasteiger partial charge in [-0.25, -0.2) is 19.9 Å². The molecule has 0 saturated heterocycles. The van der Waals surface area contributed by atoms with Crippen LogP contribution in [0.15, 0.2) is 30.9 Å². The predicted octanol–water partition coefficient (Wildman–Crippen LogP) is 3.29. The lowest BCUT2D eigenvalue weighted by Crippen LogP contribution is -2.16. The van der Waals surface area contributed by atoms with Gasteiger partial charge in [-0.15, -0.1) is 0 Å². The molecule has 2 rings (SSSR count). The summed E-state index contributed by atoms with van der Waals surface area (Å²) in [7, 11) is 0. The molecule has 0 aliphatic carbocycles. The van der Waals surface area contributed by atoms with E-state index in [-0.39, 0.29) is 20.7 Å². The molecular weight excluding hydrogens is 304 g/mol. The molecule has 0 radical (unpaired) electrons. The van der Waals surface area contributed by atoms with Crippen LogP contribution in [0.3, 0.4) is 0 Å². The highest BCUT2D eigenvalue weighted by atomic mass is 16.3. The molecule has 24 heavy (non-hydrogen) atoms. The average Bonchev–Trinajstić information content (AvgIpc) is 2.50. The zero-order valence-electron chi connectivity index (χ0n) is 13.3. The maximum absolute atomic E-state index is 9.31. The van der Waals surface area contributed by atoms with Gasteiger partial charge >= 0.3 is 0 Å². The van der Waals surface area contributed by atoms with Crippen molar-refractivity contribution in [3.05, 3.63) is 53.6 Å². The van der Waals surface area contributed by atoms with E-state index >= 15 is 0 Å². The van der Waals surface area contributed by atoms with Gasteiger partial charge in [0.15, 0.2) is 11.6 Å². The first-order valence-corrected chi connectivity index (χ1v) is 7.00. The van der Waals surface area contributed by atoms with Crippen LogP contribution in [-0.4, -0.2) is 36.3 Å². The van der Waals surface area contributed by atoms with Crippen LogP contribution in [0.5, 0.6) is 0 Å². The molecular formula is C18H30N4O2. The van der Waals surface area contributed by atoms with E-state index in [0.717, 1.165) is 17.0 Å². The van der Waals surface area contributed by atoms with Gasteiger partial charge in [-0.3, -0.25) is 0 Å². The van der Waals surface area contributed by atoms with E-state index in [1.807, 2.05) is 45.3 Å². The van der Waals surface area contributed by atoms with Crippen LogP contribution in [0.25, 0.3) is 6.08 Å². The lowest BCUT2D eigenvalue weighted by Gasteiger charge is -2.11. The molecule has 0 aromatic carbocycles. The second-order valence-electron chi connectivity index (χ2n) is 4.92. The summed E-state index contributed by atoms with van der Waals surface area (Å²) in [4.78, 5) is 15.9. The van der Waals surface area contributed by atoms with Crippen LogP contribution in [-0.2, 0) is 0 Å². The molecule has 2 atom stereocenters. The summed E-state index contributed by atoms with van der Waals surface area (Å²) in [5.41, 5.74) is 2.02. The topological polar surface area (TPSA) is 92.0 Å². The fraction of sp³-hybridized carbons (Fsp3) is 0.444. The molecule has 0 fully saturated rings. The highest BCUT2D eigenvalue weighted by molar-refractivity contribution is 5.38. The van der Waals surface area contributed by atoms with Gasteiger partial charge in [-0.2, -0.15) is 0 Å². The van der Waals surface area contributed by atoms with Crippen molar-refractivity contribution in [1.82, 2.24) is 19.9 Å². The molecule has 0 bridgehead atoms. The molecule has 6 nitrogen and oxygen atoms in total. The molecule has 2 aromatic heterocycles. The maximum atomic E-state index is 9.31. The molecule has 0 spiro atoms. The van der Waals surface area contributed by atoms with Crippen LogP contribution in [0.1, 0.15) is 57.6 Å². The summed E-state index contributed by atoms with van der Waals surface area (Å²) in [6.07, 6.45) is 8.79. The predicted molar refractivity (Wildman–Crippen MR) is 98.3 cm³/mol. The van der Waals surface area contributed by atoms with Crippen molar-refractivity contribution in [2.24, 2.45) is 0 Å². The fourth-order valence-electron chi connectivity index (χ4n) is 1.41. The van der Waals surface area contributed by atoms with Crippen molar-refractivity contribution < 1.29 is 10.2 Å². The zero-order chi connectivity index (χ0) is 16.5. The van der Waals surface area contributed by atoms with Crippen LogP contribution >= 0.6 is 0 Å². The van der Waals surface area contributed by atoms with Crippen LogP contribution in [0.4, 0.5) is 0 Å². The van der Waals surface area contributed by atoms with Gasteiger partial charge in [0, 0.05) is 24.8 Å². The molecule has 0 amide bonds. The average molecular weight is 334 g/mol. The second kappa shape index (κ2) is 12.3. The van der Waals surface area contributed by atoms with Gasteiger partial charge in [0.05, 0.1) is 6.10 Å². The molecule has 134 valence electrons. The molecule has 0 unspecified atom stereocenters. The van der Waals surface area contributed by atoms with E-state index in [1.54, 1.807) is 12.4 Å². The Morgan fingerprint density at radius 3 is 1.67 bits per heavy atom. The Morgan fingerprint density at radius 1 is 0.875 bits per heavy atom. The minimum Gasteiger partial charge on any atom is -0.390 e. The molecule has 0 saturated carbocycles. The number of hydrogen-bond acceptors (Lipinski definition) is 6. The Morgan fingerprint density at radius 2 is 1.29 bits per heavy atom. The van der Waals surface area contributed by atoms with Crippen molar-refractivity contribution in [3.8, 4) is 0 Å². The molecule has 2 aromatic rings. The Balaban J connectivity index is 0. The van der Waals surface area contributed by atoms with Gasteiger partial charge in [0.25, 0.3) is 0 Å². The standard InChI is InChI=1S/C8H12N2O2.C8H10N2.2CH4/c1-5-3-9-8(10-4-5)7(12)6(2)11;1-3-4-8-9-5-7(2)6-10-8;;/h3-4,6-7,11-12H,1-2H3;3-6H,1-2H3;2*1H4/b;4-3+;;/t6-,7+;;;/m1.../s1. The summed E-state index contributed by atoms with van der Waals surface area (Å²) in [6, 6.07) is 0. The van der Waals surface area contributed by atoms with Crippen LogP contribution < -0.4 is 0 Å². The number of aromatic nitrogens is 4. The van der Waals surface area contributed by atoms with E-state index in [2.05, 4.69) is 19.9 Å². The zero-order valence-corrected chi connectivity index (χ0v) is 13.3. The monoisotopic (exact) mass is 334 g/mol. The van der Waals surface area contributed by atoms with Gasteiger partial charge in [-0.05, 0) is 44.9 Å². The van der Waals surface area contributed by atoms with E-state index in [4.69, 9.17) is 5.11 Å². The third-order valence-corrected chi connectivity index (χ3v) is 2.64. The lowest BCUT2D eigenvalue weighted by molar-refractivity contribution is 0.0248. The molecule has 0 aliphatic heterocycles. The Labute approximate surface area is 145 Å². The highest BCUT2D eigenvalue weighted by Gasteiger charge is 2.15. The van der Waals surface area contributed by atoms with Crippen molar-refractivity contribution in [1.29, 1.82) is 0 Å². The third kappa shape index (κ3) is 8.45. The Bertz CT molecular complexity index is 581. The van der Waals surface area contributed by atoms with E-state index in [9.17, 15) is 5.11 Å². The second-order valence-corrected chi connectivity index (χ2v) is 4.92. The first-order valence-electron chi connectivity index (χ1n) is 7.00. The summed E-state index contributed by atoms with van der Waals surface area (Å²) in [6.45, 7) is 7.27. The van der Waals surface area contributed by atoms with Crippen molar-refractivity contribution in [2.45, 2.75) is 54.8 Å². The van der Waals surface area contributed by atoms with Crippen LogP contribution in [0.2, 0.25) is 0 Å². The lowest BCUT2D eigenvalue weighted by atomic mass is 10.2. The van der Waals surface area contributed by atoms with Crippen molar-refractivity contribution >= 4 is 6.08 Å². The third-order valence-electron chi connectivity index (χ3n) is 2.64. The minimum atomic E-state index is -0.995. The number of rotatable bonds is 3. The van der Waals surface area contributed by atoms with Gasteiger partial charge in [0.2, 0.25) is 0 Å². The number of hydrogen-bond donors (Lipinski definition) is 2. The summed E-state index contributed by atoms with van der Waals surface area (Å²) < 4.78 is 0. The SMILES string of the molecule is C.C.C/C=C/c1ncc(C)cn1.Cc1cnc([C@@H](O)[C@@H](C)O)nc1. The summed E-state index contributed by atoms with van der Waals surface area (Å²) in [5, 5.41) is 18.3. The number of aliphatic hydroxyl groups is 2. The normalized spacial score (nSPS) is 12.2. The smallest absolute Gasteiger partial charge is 0.159 e. The van der Waals surface area contributed by atoms with E-state index in [1.165, 1.54) is 6.92 Å². The van der Waals surface area contributed by atoms with Crippen molar-refractivity contribution in [2.75, 3.05) is 0 Å². The van der Waals surface area contributed by atoms with Gasteiger partial charge < -0.3 is 10.2 Å². The Hall–Kier alpha value is -2.18. The van der Waals surface area contributed by atoms with Gasteiger partial charge in [0.1, 0.15) is 6.10 Å². The highest BCUT2D eigenvalue weighted by Crippen LogP contribution is 2.10. The number of aryl methyl sites for hydroxylation is 2. The molecule has 0 aliphatic rings. The number of allylic oxidation sites excluding steroid dienone is 1. The summed E-state index contributed by atoms with van der Waals surface area (Å²) in [5.74, 6) is 1.03. The number of nitrogens with zero attached hydrogens (tertiary/aromatic N) is 4.